The van der Waals surface area contributed by atoms with Crippen molar-refractivity contribution in [3.05, 3.63) is 58.9 Å². The third-order valence-electron chi connectivity index (χ3n) is 4.28. The van der Waals surface area contributed by atoms with E-state index in [0.717, 1.165) is 47.5 Å². The molecule has 1 atom stereocenters. The van der Waals surface area contributed by atoms with Crippen molar-refractivity contribution >= 4 is 22.2 Å². The maximum absolute atomic E-state index is 5.48. The second-order valence-corrected chi connectivity index (χ2v) is 6.99. The molecule has 0 aliphatic carbocycles. The van der Waals surface area contributed by atoms with Gasteiger partial charge in [0.1, 0.15) is 0 Å². The molecule has 0 saturated carbocycles. The topological polar surface area (TPSA) is 54.2 Å². The van der Waals surface area contributed by atoms with Crippen LogP contribution >= 0.6 is 11.3 Å². The highest BCUT2D eigenvalue weighted by Gasteiger charge is 2.29. The summed E-state index contributed by atoms with van der Waals surface area (Å²) in [6, 6.07) is 12.5. The van der Waals surface area contributed by atoms with Crippen LogP contribution in [0.2, 0.25) is 0 Å². The summed E-state index contributed by atoms with van der Waals surface area (Å²) in [5.74, 6) is 0.975. The Morgan fingerprint density at radius 1 is 1.33 bits per heavy atom. The number of hydrogen-bond acceptors (Lipinski definition) is 6. The van der Waals surface area contributed by atoms with Gasteiger partial charge >= 0.3 is 0 Å². The Hall–Kier alpha value is -2.18. The molecular weight excluding hydrogens is 320 g/mol. The van der Waals surface area contributed by atoms with E-state index in [1.165, 1.54) is 6.42 Å². The first-order valence-electron chi connectivity index (χ1n) is 8.22. The second kappa shape index (κ2) is 6.75. The third-order valence-corrected chi connectivity index (χ3v) is 5.09. The van der Waals surface area contributed by atoms with Crippen LogP contribution in [0.25, 0.3) is 0 Å². The number of nitrogens with one attached hydrogen (secondary N) is 1. The van der Waals surface area contributed by atoms with E-state index < -0.39 is 0 Å². The van der Waals surface area contributed by atoms with Gasteiger partial charge in [0, 0.05) is 23.7 Å². The van der Waals surface area contributed by atoms with Crippen LogP contribution in [0.15, 0.2) is 46.3 Å². The lowest BCUT2D eigenvalue weighted by atomic mass is 10.1. The second-order valence-electron chi connectivity index (χ2n) is 6.13. The molecule has 24 heavy (non-hydrogen) atoms. The van der Waals surface area contributed by atoms with Gasteiger partial charge in [0.2, 0.25) is 0 Å². The van der Waals surface area contributed by atoms with Gasteiger partial charge < -0.3 is 9.84 Å². The van der Waals surface area contributed by atoms with Gasteiger partial charge in [-0.15, -0.1) is 11.3 Å². The van der Waals surface area contributed by atoms with E-state index in [4.69, 9.17) is 9.51 Å². The summed E-state index contributed by atoms with van der Waals surface area (Å²) in [4.78, 5) is 7.15. The van der Waals surface area contributed by atoms with E-state index in [0.29, 0.717) is 6.04 Å². The fraction of sp³-hybridized carbons (Fsp3) is 0.333. The molecule has 3 heterocycles. The normalized spacial score (nSPS) is 18.1. The van der Waals surface area contributed by atoms with Gasteiger partial charge in [0.15, 0.2) is 10.9 Å². The van der Waals surface area contributed by atoms with Gasteiger partial charge in [0.05, 0.1) is 17.4 Å². The molecule has 1 N–H and O–H groups in total. The van der Waals surface area contributed by atoms with E-state index >= 15 is 0 Å². The number of para-hydroxylation sites is 1. The molecule has 6 heteroatoms. The molecule has 4 rings (SSSR count). The lowest BCUT2D eigenvalue weighted by molar-refractivity contribution is 0.205. The van der Waals surface area contributed by atoms with Crippen LogP contribution in [0.1, 0.15) is 36.0 Å². The number of aryl methyl sites for hydroxylation is 1. The number of nitrogens with zero attached hydrogens (tertiary/aromatic N) is 3. The van der Waals surface area contributed by atoms with E-state index in [9.17, 15) is 0 Å². The predicted molar refractivity (Wildman–Crippen MR) is 95.5 cm³/mol. The van der Waals surface area contributed by atoms with E-state index in [1.807, 2.05) is 43.3 Å². The van der Waals surface area contributed by atoms with Gasteiger partial charge in [-0.3, -0.25) is 4.90 Å². The van der Waals surface area contributed by atoms with Crippen LogP contribution in [-0.2, 0) is 6.54 Å². The minimum atomic E-state index is 0.318. The van der Waals surface area contributed by atoms with Crippen LogP contribution in [0.4, 0.5) is 10.8 Å². The van der Waals surface area contributed by atoms with E-state index in [2.05, 4.69) is 20.8 Å². The van der Waals surface area contributed by atoms with Crippen molar-refractivity contribution in [3.8, 4) is 0 Å². The highest BCUT2D eigenvalue weighted by molar-refractivity contribution is 7.13. The average molecular weight is 340 g/mol. The van der Waals surface area contributed by atoms with Gasteiger partial charge in [-0.25, -0.2) is 4.98 Å². The van der Waals surface area contributed by atoms with Crippen molar-refractivity contribution < 1.29 is 4.52 Å². The lowest BCUT2D eigenvalue weighted by Crippen LogP contribution is -2.22. The minimum absolute atomic E-state index is 0.318. The first kappa shape index (κ1) is 15.4. The minimum Gasteiger partial charge on any atom is -0.359 e. The van der Waals surface area contributed by atoms with E-state index in [-0.39, 0.29) is 0 Å². The quantitative estimate of drug-likeness (QED) is 0.740. The lowest BCUT2D eigenvalue weighted by Gasteiger charge is -2.21. The molecule has 0 amide bonds. The molecule has 0 radical (unpaired) electrons. The predicted octanol–water partition coefficient (Wildman–Crippen LogP) is 4.52. The van der Waals surface area contributed by atoms with Crippen molar-refractivity contribution in [2.45, 2.75) is 32.4 Å². The number of hydrogen-bond donors (Lipinski definition) is 1. The van der Waals surface area contributed by atoms with Gasteiger partial charge in [-0.2, -0.15) is 0 Å². The summed E-state index contributed by atoms with van der Waals surface area (Å²) in [6.07, 6.45) is 2.30. The summed E-state index contributed by atoms with van der Waals surface area (Å²) < 4.78 is 5.48. The number of benzene rings is 1. The molecule has 0 bridgehead atoms. The van der Waals surface area contributed by atoms with Crippen molar-refractivity contribution in [1.82, 2.24) is 15.0 Å². The zero-order valence-electron chi connectivity index (χ0n) is 13.6. The Kier molecular flexibility index (Phi) is 4.32. The average Bonchev–Trinajstić information content (AvgIpc) is 3.31. The Labute approximate surface area is 145 Å². The van der Waals surface area contributed by atoms with Crippen molar-refractivity contribution in [3.63, 3.8) is 0 Å². The highest BCUT2D eigenvalue weighted by atomic mass is 32.1. The molecular formula is C18H20N4OS. The molecule has 124 valence electrons. The first-order chi connectivity index (χ1) is 11.8. The van der Waals surface area contributed by atoms with Gasteiger partial charge in [-0.1, -0.05) is 23.4 Å². The Morgan fingerprint density at radius 2 is 2.21 bits per heavy atom. The number of aromatic nitrogens is 2. The van der Waals surface area contributed by atoms with Crippen LogP contribution in [0.3, 0.4) is 0 Å². The molecule has 3 aromatic rings. The Balaban J connectivity index is 1.43. The van der Waals surface area contributed by atoms with Crippen LogP contribution in [-0.4, -0.2) is 21.6 Å². The van der Waals surface area contributed by atoms with E-state index in [1.54, 1.807) is 11.3 Å². The Morgan fingerprint density at radius 3 is 3.00 bits per heavy atom. The molecule has 0 spiro atoms. The number of likely N-dealkylation sites (tertiary alicyclic amines) is 1. The Bertz CT molecular complexity index is 798. The standard InChI is InChI=1S/C18H20N4OS/c1-13-10-17(23-21-13)16-8-5-9-22(16)11-15-12-24-18(20-15)19-14-6-3-2-4-7-14/h2-4,6-7,10,12,16H,5,8-9,11H2,1H3,(H,19,20)/t16-/m0/s1. The zero-order chi connectivity index (χ0) is 16.4. The van der Waals surface area contributed by atoms with Crippen LogP contribution in [0.5, 0.6) is 0 Å². The summed E-state index contributed by atoms with van der Waals surface area (Å²) >= 11 is 1.64. The third kappa shape index (κ3) is 3.34. The molecule has 1 fully saturated rings. The SMILES string of the molecule is Cc1cc([C@@H]2CCCN2Cc2csc(Nc3ccccc3)n2)on1. The van der Waals surface area contributed by atoms with Crippen LogP contribution in [0, 0.1) is 6.92 Å². The number of rotatable bonds is 5. The molecule has 2 aromatic heterocycles. The number of anilines is 2. The number of thiazole rings is 1. The van der Waals surface area contributed by atoms with Crippen molar-refractivity contribution in [2.24, 2.45) is 0 Å². The molecule has 1 saturated heterocycles. The fourth-order valence-electron chi connectivity index (χ4n) is 3.17. The zero-order valence-corrected chi connectivity index (χ0v) is 14.4. The monoisotopic (exact) mass is 340 g/mol. The smallest absolute Gasteiger partial charge is 0.187 e. The largest absolute Gasteiger partial charge is 0.359 e. The summed E-state index contributed by atoms with van der Waals surface area (Å²) in [6.45, 7) is 3.88. The maximum atomic E-state index is 5.48. The van der Waals surface area contributed by atoms with Crippen molar-refractivity contribution in [2.75, 3.05) is 11.9 Å². The summed E-state index contributed by atoms with van der Waals surface area (Å²) in [5.41, 5.74) is 3.11. The molecule has 5 nitrogen and oxygen atoms in total. The summed E-state index contributed by atoms with van der Waals surface area (Å²) in [5, 5.41) is 10.4. The molecule has 1 aliphatic rings. The molecule has 1 aliphatic heterocycles. The highest BCUT2D eigenvalue weighted by Crippen LogP contribution is 2.34. The molecule has 0 unspecified atom stereocenters. The maximum Gasteiger partial charge on any atom is 0.187 e. The van der Waals surface area contributed by atoms with Crippen molar-refractivity contribution in [1.29, 1.82) is 0 Å². The summed E-state index contributed by atoms with van der Waals surface area (Å²) in [7, 11) is 0. The van der Waals surface area contributed by atoms with Gasteiger partial charge in [0.25, 0.3) is 0 Å². The first-order valence-corrected chi connectivity index (χ1v) is 9.09. The van der Waals surface area contributed by atoms with Crippen LogP contribution < -0.4 is 5.32 Å². The molecule has 1 aromatic carbocycles. The van der Waals surface area contributed by atoms with Gasteiger partial charge in [-0.05, 0) is 38.4 Å². The fourth-order valence-corrected chi connectivity index (χ4v) is 3.89.